The van der Waals surface area contributed by atoms with E-state index in [2.05, 4.69) is 24.5 Å². The van der Waals surface area contributed by atoms with Gasteiger partial charge in [-0.15, -0.1) is 0 Å². The van der Waals surface area contributed by atoms with Crippen LogP contribution in [0.2, 0.25) is 0 Å². The Bertz CT molecular complexity index is 951. The number of hydrogen-bond acceptors (Lipinski definition) is 5. The summed E-state index contributed by atoms with van der Waals surface area (Å²) in [5.74, 6) is -0.185. The molecular formula is C33H55N3O5. The molecule has 4 N–H and O–H groups in total. The van der Waals surface area contributed by atoms with Gasteiger partial charge in [0, 0.05) is 31.7 Å². The molecule has 0 spiro atoms. The molecule has 0 saturated carbocycles. The van der Waals surface area contributed by atoms with Crippen molar-refractivity contribution in [2.45, 2.75) is 125 Å². The number of nitrogens with one attached hydrogen (secondary N) is 2. The van der Waals surface area contributed by atoms with Crippen molar-refractivity contribution in [1.29, 1.82) is 0 Å². The van der Waals surface area contributed by atoms with Gasteiger partial charge in [-0.2, -0.15) is 0 Å². The summed E-state index contributed by atoms with van der Waals surface area (Å²) in [6, 6.07) is 6.35. The maximum atomic E-state index is 13.4. The van der Waals surface area contributed by atoms with Gasteiger partial charge in [-0.3, -0.25) is 14.4 Å². The minimum atomic E-state index is -0.728. The molecule has 232 valence electrons. The lowest BCUT2D eigenvalue weighted by atomic mass is 9.88. The summed E-state index contributed by atoms with van der Waals surface area (Å²) in [6.07, 6.45) is 5.78. The number of primary amides is 1. The van der Waals surface area contributed by atoms with Crippen molar-refractivity contribution in [3.05, 3.63) is 35.4 Å². The van der Waals surface area contributed by atoms with E-state index >= 15 is 0 Å². The second kappa shape index (κ2) is 18.6. The average molecular weight is 574 g/mol. The lowest BCUT2D eigenvalue weighted by Gasteiger charge is -2.24. The fourth-order valence-corrected chi connectivity index (χ4v) is 4.52. The van der Waals surface area contributed by atoms with Gasteiger partial charge in [0.05, 0.1) is 18.2 Å². The van der Waals surface area contributed by atoms with Gasteiger partial charge in [0.1, 0.15) is 5.78 Å². The molecule has 0 aliphatic carbocycles. The van der Waals surface area contributed by atoms with Crippen molar-refractivity contribution < 1.29 is 23.9 Å². The van der Waals surface area contributed by atoms with Gasteiger partial charge in [0.15, 0.2) is 5.78 Å². The Balaban J connectivity index is 2.83. The first-order valence-electron chi connectivity index (χ1n) is 15.3. The van der Waals surface area contributed by atoms with E-state index in [-0.39, 0.29) is 41.8 Å². The van der Waals surface area contributed by atoms with Gasteiger partial charge in [-0.1, -0.05) is 71.2 Å². The number of carbonyl (C=O) groups is 4. The predicted octanol–water partition coefficient (Wildman–Crippen LogP) is 5.88. The number of ketones is 2. The Morgan fingerprint density at radius 1 is 0.878 bits per heavy atom. The van der Waals surface area contributed by atoms with Gasteiger partial charge >= 0.3 is 6.03 Å². The van der Waals surface area contributed by atoms with E-state index in [9.17, 15) is 19.2 Å². The van der Waals surface area contributed by atoms with Crippen molar-refractivity contribution in [1.82, 2.24) is 10.6 Å². The molecule has 1 aromatic carbocycles. The average Bonchev–Trinajstić information content (AvgIpc) is 2.87. The minimum Gasteiger partial charge on any atom is -0.371 e. The van der Waals surface area contributed by atoms with Crippen molar-refractivity contribution in [3.63, 3.8) is 0 Å². The van der Waals surface area contributed by atoms with E-state index in [1.807, 2.05) is 58.9 Å². The number of Topliss-reactive ketones (excluding diaryl/α,β-unsaturated/α-hetero) is 2. The molecule has 0 radical (unpaired) electrons. The SMILES string of the molecule is CC(C)CCCCCC(=O)C[C@H](C(=O)N[C@@H](CCCNC(N)=O)C(=O)Cc1ccc(COC(C)(C)C)cc1)C(C)C. The smallest absolute Gasteiger partial charge is 0.312 e. The zero-order valence-electron chi connectivity index (χ0n) is 26.5. The largest absolute Gasteiger partial charge is 0.371 e. The molecule has 8 nitrogen and oxygen atoms in total. The third-order valence-electron chi connectivity index (χ3n) is 7.07. The number of urea groups is 1. The molecule has 8 heteroatoms. The lowest BCUT2D eigenvalue weighted by molar-refractivity contribution is -0.133. The van der Waals surface area contributed by atoms with Crippen LogP contribution in [0, 0.1) is 17.8 Å². The van der Waals surface area contributed by atoms with Crippen LogP contribution in [0.5, 0.6) is 0 Å². The third kappa shape index (κ3) is 17.0. The highest BCUT2D eigenvalue weighted by Gasteiger charge is 2.29. The molecule has 0 unspecified atom stereocenters. The summed E-state index contributed by atoms with van der Waals surface area (Å²) in [6.45, 7) is 15.0. The highest BCUT2D eigenvalue weighted by atomic mass is 16.5. The fourth-order valence-electron chi connectivity index (χ4n) is 4.52. The molecule has 0 aliphatic rings. The first-order valence-corrected chi connectivity index (χ1v) is 15.3. The van der Waals surface area contributed by atoms with E-state index in [1.165, 1.54) is 0 Å². The van der Waals surface area contributed by atoms with Crippen LogP contribution < -0.4 is 16.4 Å². The molecule has 1 aromatic rings. The maximum Gasteiger partial charge on any atom is 0.312 e. The van der Waals surface area contributed by atoms with E-state index in [0.29, 0.717) is 38.3 Å². The van der Waals surface area contributed by atoms with Crippen molar-refractivity contribution in [3.8, 4) is 0 Å². The normalized spacial score (nSPS) is 13.2. The second-order valence-electron chi connectivity index (χ2n) is 12.9. The molecule has 1 rings (SSSR count). The van der Waals surface area contributed by atoms with Gasteiger partial charge in [0.25, 0.3) is 0 Å². The Labute approximate surface area is 247 Å². The Hall–Kier alpha value is -2.74. The molecule has 0 heterocycles. The molecule has 41 heavy (non-hydrogen) atoms. The number of ether oxygens (including phenoxy) is 1. The summed E-state index contributed by atoms with van der Waals surface area (Å²) in [5, 5.41) is 5.48. The van der Waals surface area contributed by atoms with Crippen LogP contribution in [0.3, 0.4) is 0 Å². The van der Waals surface area contributed by atoms with E-state index in [4.69, 9.17) is 10.5 Å². The van der Waals surface area contributed by atoms with Crippen molar-refractivity contribution in [2.75, 3.05) is 6.54 Å². The van der Waals surface area contributed by atoms with Crippen molar-refractivity contribution >= 4 is 23.5 Å². The second-order valence-corrected chi connectivity index (χ2v) is 12.9. The van der Waals surface area contributed by atoms with Gasteiger partial charge < -0.3 is 21.1 Å². The summed E-state index contributed by atoms with van der Waals surface area (Å²) in [5.41, 5.74) is 6.79. The zero-order valence-corrected chi connectivity index (χ0v) is 26.5. The summed E-state index contributed by atoms with van der Waals surface area (Å²) < 4.78 is 5.82. The number of benzene rings is 1. The monoisotopic (exact) mass is 573 g/mol. The molecule has 2 atom stereocenters. The number of nitrogens with two attached hydrogens (primary N) is 1. The van der Waals surface area contributed by atoms with E-state index < -0.39 is 18.0 Å². The van der Waals surface area contributed by atoms with Gasteiger partial charge in [0.2, 0.25) is 5.91 Å². The van der Waals surface area contributed by atoms with Crippen LogP contribution in [-0.2, 0) is 32.1 Å². The number of unbranched alkanes of at least 4 members (excludes halogenated alkanes) is 2. The first-order chi connectivity index (χ1) is 19.2. The Kier molecular flexibility index (Phi) is 16.5. The highest BCUT2D eigenvalue weighted by molar-refractivity contribution is 5.92. The lowest BCUT2D eigenvalue weighted by Crippen LogP contribution is -2.46. The van der Waals surface area contributed by atoms with Crippen molar-refractivity contribution in [2.24, 2.45) is 23.5 Å². The molecule has 0 fully saturated rings. The Morgan fingerprint density at radius 3 is 2.07 bits per heavy atom. The standard InChI is InChI=1S/C33H55N3O5/c1-23(2)12-9-8-10-13-27(37)21-28(24(3)4)31(39)36-29(14-11-19-35-32(34)40)30(38)20-25-15-17-26(18-16-25)22-41-33(5,6)7/h15-18,23-24,28-29H,8-14,19-22H2,1-7H3,(H,36,39)(H3,34,35,40)/t28-,29-/m0/s1. The van der Waals surface area contributed by atoms with Crippen LogP contribution in [0.15, 0.2) is 24.3 Å². The summed E-state index contributed by atoms with van der Waals surface area (Å²) in [4.78, 5) is 50.5. The number of amides is 3. The molecule has 3 amide bonds. The van der Waals surface area contributed by atoms with Crippen LogP contribution in [-0.4, -0.2) is 41.7 Å². The van der Waals surface area contributed by atoms with Crippen LogP contribution >= 0.6 is 0 Å². The predicted molar refractivity (Wildman–Crippen MR) is 164 cm³/mol. The minimum absolute atomic E-state index is 0.0463. The highest BCUT2D eigenvalue weighted by Crippen LogP contribution is 2.20. The molecule has 0 aliphatic heterocycles. The molecular weight excluding hydrogens is 518 g/mol. The van der Waals surface area contributed by atoms with E-state index in [0.717, 1.165) is 36.8 Å². The zero-order chi connectivity index (χ0) is 31.0. The first kappa shape index (κ1) is 36.3. The number of carbonyl (C=O) groups excluding carboxylic acids is 4. The number of rotatable bonds is 20. The van der Waals surface area contributed by atoms with Gasteiger partial charge in [-0.25, -0.2) is 4.79 Å². The Morgan fingerprint density at radius 2 is 1.51 bits per heavy atom. The molecule has 0 bridgehead atoms. The topological polar surface area (TPSA) is 128 Å². The molecule has 0 aromatic heterocycles. The maximum absolute atomic E-state index is 13.4. The molecule has 0 saturated heterocycles. The van der Waals surface area contributed by atoms with Gasteiger partial charge in [-0.05, 0) is 63.0 Å². The fraction of sp³-hybridized carbons (Fsp3) is 0.697. The van der Waals surface area contributed by atoms with Crippen LogP contribution in [0.25, 0.3) is 0 Å². The quantitative estimate of drug-likeness (QED) is 0.168. The summed E-state index contributed by atoms with van der Waals surface area (Å²) in [7, 11) is 0. The summed E-state index contributed by atoms with van der Waals surface area (Å²) >= 11 is 0. The number of hydrogen-bond donors (Lipinski definition) is 3. The van der Waals surface area contributed by atoms with Crippen LogP contribution in [0.4, 0.5) is 4.79 Å². The van der Waals surface area contributed by atoms with Crippen LogP contribution in [0.1, 0.15) is 111 Å². The van der Waals surface area contributed by atoms with E-state index in [1.54, 1.807) is 0 Å². The third-order valence-corrected chi connectivity index (χ3v) is 7.07.